The summed E-state index contributed by atoms with van der Waals surface area (Å²) in [4.78, 5) is 30.6. The highest BCUT2D eigenvalue weighted by Crippen LogP contribution is 2.39. The lowest BCUT2D eigenvalue weighted by Crippen LogP contribution is -2.52. The number of ether oxygens (including phenoxy) is 2. The second-order valence-corrected chi connectivity index (χ2v) is 9.93. The number of likely N-dealkylation sites (tertiary alicyclic amines) is 1. The van der Waals surface area contributed by atoms with Crippen LogP contribution in [-0.4, -0.2) is 67.0 Å². The van der Waals surface area contributed by atoms with Gasteiger partial charge in [0.05, 0.1) is 12.2 Å². The Labute approximate surface area is 225 Å². The number of pyridine rings is 1. The number of carbonyl (C=O) groups is 2. The number of hydrogen-bond acceptors (Lipinski definition) is 6. The summed E-state index contributed by atoms with van der Waals surface area (Å²) in [5, 5.41) is 0. The number of rotatable bonds is 3. The van der Waals surface area contributed by atoms with Crippen LogP contribution in [0.3, 0.4) is 0 Å². The molecule has 0 bridgehead atoms. The van der Waals surface area contributed by atoms with Gasteiger partial charge in [0.15, 0.2) is 0 Å². The molecule has 10 heteroatoms. The van der Waals surface area contributed by atoms with Crippen molar-refractivity contribution in [1.29, 1.82) is 0 Å². The van der Waals surface area contributed by atoms with Crippen LogP contribution in [0.15, 0.2) is 60.8 Å². The van der Waals surface area contributed by atoms with Crippen LogP contribution in [0.2, 0.25) is 0 Å². The van der Waals surface area contributed by atoms with Crippen molar-refractivity contribution in [2.24, 2.45) is 0 Å². The van der Waals surface area contributed by atoms with Crippen molar-refractivity contribution in [1.82, 2.24) is 14.8 Å². The zero-order valence-corrected chi connectivity index (χ0v) is 22.0. The number of aromatic nitrogens is 1. The monoisotopic (exact) mass is 541 g/mol. The molecule has 2 aromatic carbocycles. The minimum Gasteiger partial charge on any atom is -0.462 e. The second-order valence-electron chi connectivity index (χ2n) is 9.93. The van der Waals surface area contributed by atoms with Crippen LogP contribution in [0.25, 0.3) is 11.1 Å². The van der Waals surface area contributed by atoms with Crippen LogP contribution in [-0.2, 0) is 17.5 Å². The van der Waals surface area contributed by atoms with Gasteiger partial charge in [0.1, 0.15) is 17.7 Å². The van der Waals surface area contributed by atoms with Crippen LogP contribution in [0.5, 0.6) is 5.75 Å². The zero-order chi connectivity index (χ0) is 28.2. The summed E-state index contributed by atoms with van der Waals surface area (Å²) in [7, 11) is 6.00. The van der Waals surface area contributed by atoms with E-state index in [1.807, 2.05) is 56.4 Å². The highest BCUT2D eigenvalue weighted by atomic mass is 19.4. The Morgan fingerprint density at radius 2 is 1.64 bits per heavy atom. The van der Waals surface area contributed by atoms with Gasteiger partial charge in [-0.2, -0.15) is 13.2 Å². The first-order valence-electron chi connectivity index (χ1n) is 12.4. The van der Waals surface area contributed by atoms with Gasteiger partial charge in [-0.3, -0.25) is 14.6 Å². The minimum atomic E-state index is -4.55. The third-order valence-electron chi connectivity index (χ3n) is 6.34. The van der Waals surface area contributed by atoms with Crippen LogP contribution < -0.4 is 4.74 Å². The van der Waals surface area contributed by atoms with E-state index < -0.39 is 17.7 Å². The second kappa shape index (κ2) is 11.5. The molecule has 0 saturated carbocycles. The maximum atomic E-state index is 12.7. The molecule has 1 aromatic heterocycles. The molecule has 2 aliphatic heterocycles. The van der Waals surface area contributed by atoms with Crippen molar-refractivity contribution in [2.45, 2.75) is 31.4 Å². The van der Waals surface area contributed by atoms with E-state index in [0.717, 1.165) is 47.1 Å². The number of fused-ring (bicyclic) bond motifs is 1. The van der Waals surface area contributed by atoms with Gasteiger partial charge in [0.25, 0.3) is 5.91 Å². The van der Waals surface area contributed by atoms with Gasteiger partial charge < -0.3 is 19.3 Å². The molecule has 5 rings (SSSR count). The van der Waals surface area contributed by atoms with Crippen molar-refractivity contribution in [3.8, 4) is 16.9 Å². The molecule has 0 unspecified atom stereocenters. The molecule has 3 heterocycles. The standard InChI is InChI=1S/C26H21F3N2O4.C3H9N/c27-26(28,29)23-8-6-20(14-30-23)24(33)31-11-9-25(10-12-31)34-16-21-13-19(5-7-22(21)35-25)18-3-1-17(15-32)2-4-18;1-4(2)3/h1-8,13-15H,9-12,16H2;1-3H3. The van der Waals surface area contributed by atoms with E-state index >= 15 is 0 Å². The molecular formula is C29H30F3N3O4. The lowest BCUT2D eigenvalue weighted by molar-refractivity contribution is -0.225. The molecular weight excluding hydrogens is 511 g/mol. The lowest BCUT2D eigenvalue weighted by atomic mass is 9.98. The fourth-order valence-corrected chi connectivity index (χ4v) is 4.33. The third kappa shape index (κ3) is 6.82. The molecule has 0 N–H and O–H groups in total. The summed E-state index contributed by atoms with van der Waals surface area (Å²) in [5.74, 6) is -0.506. The Bertz CT molecular complexity index is 1300. The first kappa shape index (κ1) is 28.3. The van der Waals surface area contributed by atoms with E-state index in [-0.39, 0.29) is 11.5 Å². The lowest BCUT2D eigenvalue weighted by Gasteiger charge is -2.44. The van der Waals surface area contributed by atoms with Gasteiger partial charge in [-0.1, -0.05) is 30.3 Å². The Kier molecular flexibility index (Phi) is 8.36. The number of hydrogen-bond donors (Lipinski definition) is 0. The summed E-state index contributed by atoms with van der Waals surface area (Å²) in [6, 6.07) is 15.1. The molecule has 7 nitrogen and oxygen atoms in total. The molecule has 2 aliphatic rings. The number of nitrogens with zero attached hydrogens (tertiary/aromatic N) is 3. The molecule has 0 radical (unpaired) electrons. The number of aldehydes is 1. The SMILES string of the molecule is CN(C)C.O=Cc1ccc(-c2ccc3c(c2)COC2(CCN(C(=O)c4ccc(C(F)(F)F)nc4)CC2)O3)cc1. The predicted octanol–water partition coefficient (Wildman–Crippen LogP) is 5.30. The zero-order valence-electron chi connectivity index (χ0n) is 22.0. The topological polar surface area (TPSA) is 72.0 Å². The van der Waals surface area contributed by atoms with Gasteiger partial charge in [-0.25, -0.2) is 0 Å². The fourth-order valence-electron chi connectivity index (χ4n) is 4.33. The van der Waals surface area contributed by atoms with E-state index in [2.05, 4.69) is 4.98 Å². The molecule has 0 atom stereocenters. The van der Waals surface area contributed by atoms with Crippen molar-refractivity contribution in [3.05, 3.63) is 83.2 Å². The van der Waals surface area contributed by atoms with Gasteiger partial charge >= 0.3 is 6.18 Å². The number of halogens is 3. The Hall–Kier alpha value is -3.76. The number of alkyl halides is 3. The number of carbonyl (C=O) groups excluding carboxylic acids is 2. The molecule has 206 valence electrons. The number of amides is 1. The number of benzene rings is 2. The minimum absolute atomic E-state index is 0.110. The van der Waals surface area contributed by atoms with Gasteiger partial charge in [-0.05, 0) is 56.5 Å². The van der Waals surface area contributed by atoms with E-state index in [1.165, 1.54) is 0 Å². The van der Waals surface area contributed by atoms with Crippen molar-refractivity contribution in [2.75, 3.05) is 34.2 Å². The molecule has 3 aromatic rings. The van der Waals surface area contributed by atoms with E-state index in [1.54, 1.807) is 17.0 Å². The van der Waals surface area contributed by atoms with E-state index in [0.29, 0.717) is 38.1 Å². The molecule has 1 spiro atoms. The fraction of sp³-hybridized carbons (Fsp3) is 0.345. The maximum absolute atomic E-state index is 12.7. The van der Waals surface area contributed by atoms with Gasteiger partial charge in [-0.15, -0.1) is 0 Å². The summed E-state index contributed by atoms with van der Waals surface area (Å²) >= 11 is 0. The highest BCUT2D eigenvalue weighted by molar-refractivity contribution is 5.94. The summed E-state index contributed by atoms with van der Waals surface area (Å²) in [6.45, 7) is 1.04. The Balaban J connectivity index is 0.000000826. The molecule has 39 heavy (non-hydrogen) atoms. The molecule has 1 fully saturated rings. The normalized spacial score (nSPS) is 16.1. The van der Waals surface area contributed by atoms with Crippen molar-refractivity contribution < 1.29 is 32.2 Å². The molecule has 1 amide bonds. The maximum Gasteiger partial charge on any atom is 0.433 e. The van der Waals surface area contributed by atoms with Crippen molar-refractivity contribution in [3.63, 3.8) is 0 Å². The average Bonchev–Trinajstić information content (AvgIpc) is 2.92. The van der Waals surface area contributed by atoms with Crippen LogP contribution in [0.1, 0.15) is 44.8 Å². The molecule has 1 saturated heterocycles. The highest BCUT2D eigenvalue weighted by Gasteiger charge is 2.42. The summed E-state index contributed by atoms with van der Waals surface area (Å²) in [5.41, 5.74) is 2.55. The average molecular weight is 542 g/mol. The number of piperidine rings is 1. The van der Waals surface area contributed by atoms with Crippen LogP contribution >= 0.6 is 0 Å². The largest absolute Gasteiger partial charge is 0.462 e. The Morgan fingerprint density at radius 3 is 2.21 bits per heavy atom. The summed E-state index contributed by atoms with van der Waals surface area (Å²) in [6.07, 6.45) is -1.92. The van der Waals surface area contributed by atoms with Crippen molar-refractivity contribution >= 4 is 12.2 Å². The summed E-state index contributed by atoms with van der Waals surface area (Å²) < 4.78 is 50.5. The first-order chi connectivity index (χ1) is 18.5. The van der Waals surface area contributed by atoms with E-state index in [4.69, 9.17) is 9.47 Å². The third-order valence-corrected chi connectivity index (χ3v) is 6.34. The van der Waals surface area contributed by atoms with Crippen LogP contribution in [0.4, 0.5) is 13.2 Å². The van der Waals surface area contributed by atoms with Gasteiger partial charge in [0.2, 0.25) is 5.79 Å². The first-order valence-corrected chi connectivity index (χ1v) is 12.4. The van der Waals surface area contributed by atoms with Crippen LogP contribution in [0, 0.1) is 0 Å². The quantitative estimate of drug-likeness (QED) is 0.419. The Morgan fingerprint density at radius 1 is 1.00 bits per heavy atom. The van der Waals surface area contributed by atoms with Gasteiger partial charge in [0, 0.05) is 43.3 Å². The smallest absolute Gasteiger partial charge is 0.433 e. The predicted molar refractivity (Wildman–Crippen MR) is 139 cm³/mol. The molecule has 0 aliphatic carbocycles. The van der Waals surface area contributed by atoms with E-state index in [9.17, 15) is 22.8 Å².